The van der Waals surface area contributed by atoms with Gasteiger partial charge >= 0.3 is 12.1 Å². The topological polar surface area (TPSA) is 130 Å². The van der Waals surface area contributed by atoms with Crippen LogP contribution in [0.15, 0.2) is 84.3 Å². The lowest BCUT2D eigenvalue weighted by molar-refractivity contribution is -0.268. The standard InChI is InChI=1S/C35H36F3N5O5S/c1-21-29(19-49-34-40-20-41-42-34)47-32(48-30(21)25-9-7-22(18-44)8-10-25)26-13-11-24(12-14-26)27-5-2-4-23(16-27)17-39-31(45)28-6-3-15-43(28)33(46)35(36,37)38/h2,4-5,7-14,16,20-21,28-30,32,44H,3,6,15,17-19H2,1H3,(H,39,45)(H,40,41,42)/t21-,28-,29+,30+,32+/m0/s1. The first-order valence-electron chi connectivity index (χ1n) is 15.9. The SMILES string of the molecule is C[C@H]1[C@@H](CSc2ncn[nH]2)O[C@@H](c2ccc(-c3cccc(CNC(=O)[C@@H]4CCCN4C(=O)C(F)(F)F)c3)cc2)O[C@H]1c1ccc(CO)cc1. The van der Waals surface area contributed by atoms with Crippen LogP contribution in [0.5, 0.6) is 0 Å². The molecule has 2 amide bonds. The Morgan fingerprint density at radius 1 is 1.02 bits per heavy atom. The first kappa shape index (κ1) is 34.6. The third-order valence-electron chi connectivity index (χ3n) is 8.87. The molecule has 2 aliphatic rings. The van der Waals surface area contributed by atoms with Gasteiger partial charge in [-0.2, -0.15) is 18.3 Å². The van der Waals surface area contributed by atoms with Crippen molar-refractivity contribution in [2.24, 2.45) is 5.92 Å². The molecule has 2 fully saturated rings. The molecule has 0 radical (unpaired) electrons. The van der Waals surface area contributed by atoms with E-state index in [9.17, 15) is 27.9 Å². The highest BCUT2D eigenvalue weighted by Crippen LogP contribution is 2.43. The zero-order chi connectivity index (χ0) is 34.5. The Balaban J connectivity index is 1.14. The number of halogens is 3. The number of nitrogens with one attached hydrogen (secondary N) is 2. The van der Waals surface area contributed by atoms with Crippen LogP contribution < -0.4 is 5.32 Å². The first-order chi connectivity index (χ1) is 23.6. The number of aliphatic hydroxyl groups is 1. The molecular weight excluding hydrogens is 659 g/mol. The molecule has 14 heteroatoms. The van der Waals surface area contributed by atoms with Crippen LogP contribution >= 0.6 is 11.8 Å². The fraction of sp³-hybridized carbons (Fsp3) is 0.371. The monoisotopic (exact) mass is 695 g/mol. The molecule has 5 atom stereocenters. The molecule has 0 unspecified atom stereocenters. The number of carbonyl (C=O) groups is 2. The first-order valence-corrected chi connectivity index (χ1v) is 16.9. The van der Waals surface area contributed by atoms with Crippen LogP contribution in [-0.4, -0.2) is 67.6 Å². The molecule has 6 rings (SSSR count). The number of thioether (sulfide) groups is 1. The number of H-pyrrole nitrogens is 1. The molecule has 2 aliphatic heterocycles. The van der Waals surface area contributed by atoms with Gasteiger partial charge in [-0.1, -0.05) is 85.4 Å². The van der Waals surface area contributed by atoms with Crippen LogP contribution in [0.1, 0.15) is 54.4 Å². The van der Waals surface area contributed by atoms with Gasteiger partial charge in [-0.15, -0.1) is 0 Å². The highest BCUT2D eigenvalue weighted by atomic mass is 32.2. The van der Waals surface area contributed by atoms with Gasteiger partial charge in [0, 0.05) is 30.3 Å². The second-order valence-corrected chi connectivity index (χ2v) is 13.1. The fourth-order valence-electron chi connectivity index (χ4n) is 6.18. The Hall–Kier alpha value is -4.24. The number of aromatic amines is 1. The molecule has 4 aromatic rings. The number of ether oxygens (including phenoxy) is 2. The Bertz CT molecular complexity index is 1720. The number of hydrogen-bond donors (Lipinski definition) is 3. The summed E-state index contributed by atoms with van der Waals surface area (Å²) in [6.45, 7) is 2.06. The minimum absolute atomic E-state index is 0.0102. The van der Waals surface area contributed by atoms with E-state index in [0.29, 0.717) is 22.2 Å². The van der Waals surface area contributed by atoms with Crippen LogP contribution in [0, 0.1) is 5.92 Å². The Morgan fingerprint density at radius 2 is 1.78 bits per heavy atom. The van der Waals surface area contributed by atoms with Crippen molar-refractivity contribution in [1.29, 1.82) is 0 Å². The maximum atomic E-state index is 13.0. The number of rotatable bonds is 10. The number of alkyl halides is 3. The zero-order valence-electron chi connectivity index (χ0n) is 26.6. The molecular formula is C35H36F3N5O5S. The van der Waals surface area contributed by atoms with Crippen molar-refractivity contribution >= 4 is 23.6 Å². The van der Waals surface area contributed by atoms with Crippen LogP contribution in [0.2, 0.25) is 0 Å². The van der Waals surface area contributed by atoms with Gasteiger partial charge in [0.25, 0.3) is 0 Å². The predicted octanol–water partition coefficient (Wildman–Crippen LogP) is 5.72. The molecule has 0 aliphatic carbocycles. The molecule has 2 saturated heterocycles. The zero-order valence-corrected chi connectivity index (χ0v) is 27.4. The quantitative estimate of drug-likeness (QED) is 0.180. The van der Waals surface area contributed by atoms with E-state index in [4.69, 9.17) is 9.47 Å². The van der Waals surface area contributed by atoms with Gasteiger partial charge in [0.15, 0.2) is 11.4 Å². The molecule has 0 spiro atoms. The fourth-order valence-corrected chi connectivity index (χ4v) is 7.12. The summed E-state index contributed by atoms with van der Waals surface area (Å²) in [6, 6.07) is 21.9. The predicted molar refractivity (Wildman–Crippen MR) is 175 cm³/mol. The Labute approximate surface area is 285 Å². The lowest BCUT2D eigenvalue weighted by atomic mass is 9.91. The van der Waals surface area contributed by atoms with E-state index in [2.05, 4.69) is 27.4 Å². The van der Waals surface area contributed by atoms with Gasteiger partial charge in [0.1, 0.15) is 12.4 Å². The number of aromatic nitrogens is 3. The summed E-state index contributed by atoms with van der Waals surface area (Å²) in [5, 5.41) is 19.7. The van der Waals surface area contributed by atoms with E-state index in [1.807, 2.05) is 72.8 Å². The van der Waals surface area contributed by atoms with Gasteiger partial charge in [0.05, 0.1) is 18.8 Å². The lowest BCUT2D eigenvalue weighted by Crippen LogP contribution is -2.50. The number of hydrogen-bond acceptors (Lipinski definition) is 8. The summed E-state index contributed by atoms with van der Waals surface area (Å²) in [6.07, 6.45) is -4.12. The number of aliphatic hydroxyl groups excluding tert-OH is 1. The smallest absolute Gasteiger partial charge is 0.392 e. The van der Waals surface area contributed by atoms with Gasteiger partial charge in [-0.05, 0) is 46.7 Å². The maximum Gasteiger partial charge on any atom is 0.471 e. The average Bonchev–Trinajstić information content (AvgIpc) is 3.83. The molecule has 0 bridgehead atoms. The average molecular weight is 696 g/mol. The van der Waals surface area contributed by atoms with Crippen molar-refractivity contribution in [3.63, 3.8) is 0 Å². The van der Waals surface area contributed by atoms with Crippen molar-refractivity contribution in [2.75, 3.05) is 12.3 Å². The summed E-state index contributed by atoms with van der Waals surface area (Å²) in [4.78, 5) is 29.4. The maximum absolute atomic E-state index is 13.0. The third-order valence-corrected chi connectivity index (χ3v) is 9.83. The molecule has 1 aromatic heterocycles. The number of benzene rings is 3. The molecule has 3 heterocycles. The Morgan fingerprint density at radius 3 is 2.47 bits per heavy atom. The summed E-state index contributed by atoms with van der Waals surface area (Å²) in [5.41, 5.74) is 5.19. The minimum atomic E-state index is -5.02. The molecule has 258 valence electrons. The molecule has 10 nitrogen and oxygen atoms in total. The summed E-state index contributed by atoms with van der Waals surface area (Å²) in [5.74, 6) is -1.95. The van der Waals surface area contributed by atoms with Crippen LogP contribution in [0.3, 0.4) is 0 Å². The third kappa shape index (κ3) is 8.15. The normalized spacial score (nSPS) is 22.6. The molecule has 3 N–H and O–H groups in total. The van der Waals surface area contributed by atoms with E-state index in [0.717, 1.165) is 33.4 Å². The second-order valence-electron chi connectivity index (χ2n) is 12.1. The van der Waals surface area contributed by atoms with E-state index >= 15 is 0 Å². The number of amides is 2. The Kier molecular flexibility index (Phi) is 10.7. The number of likely N-dealkylation sites (tertiary alicyclic amines) is 1. The number of nitrogens with zero attached hydrogens (tertiary/aromatic N) is 3. The van der Waals surface area contributed by atoms with Gasteiger partial charge in [-0.25, -0.2) is 4.98 Å². The summed E-state index contributed by atoms with van der Waals surface area (Å²) >= 11 is 1.52. The van der Waals surface area contributed by atoms with Crippen molar-refractivity contribution in [2.45, 2.75) is 68.8 Å². The van der Waals surface area contributed by atoms with Gasteiger partial charge in [0.2, 0.25) is 5.91 Å². The largest absolute Gasteiger partial charge is 0.471 e. The van der Waals surface area contributed by atoms with Gasteiger partial charge in [-0.3, -0.25) is 14.7 Å². The van der Waals surface area contributed by atoms with Gasteiger partial charge < -0.3 is 24.8 Å². The molecule has 49 heavy (non-hydrogen) atoms. The summed E-state index contributed by atoms with van der Waals surface area (Å²) in [7, 11) is 0. The van der Waals surface area contributed by atoms with E-state index in [1.165, 1.54) is 18.1 Å². The van der Waals surface area contributed by atoms with Crippen LogP contribution in [-0.2, 0) is 32.2 Å². The summed E-state index contributed by atoms with van der Waals surface area (Å²) < 4.78 is 52.1. The van der Waals surface area contributed by atoms with E-state index in [1.54, 1.807) is 0 Å². The van der Waals surface area contributed by atoms with Crippen LogP contribution in [0.25, 0.3) is 11.1 Å². The lowest BCUT2D eigenvalue weighted by Gasteiger charge is -2.41. The van der Waals surface area contributed by atoms with Crippen molar-refractivity contribution in [1.82, 2.24) is 25.4 Å². The van der Waals surface area contributed by atoms with E-state index in [-0.39, 0.29) is 44.2 Å². The van der Waals surface area contributed by atoms with Crippen LogP contribution in [0.4, 0.5) is 13.2 Å². The minimum Gasteiger partial charge on any atom is -0.392 e. The second kappa shape index (κ2) is 15.1. The number of carbonyl (C=O) groups excluding carboxylic acids is 2. The molecule has 3 aromatic carbocycles. The van der Waals surface area contributed by atoms with E-state index < -0.39 is 30.3 Å². The molecule has 0 saturated carbocycles. The van der Waals surface area contributed by atoms with Crippen molar-refractivity contribution in [3.8, 4) is 11.1 Å². The van der Waals surface area contributed by atoms with Crippen molar-refractivity contribution < 1.29 is 37.3 Å². The highest BCUT2D eigenvalue weighted by Gasteiger charge is 2.47. The van der Waals surface area contributed by atoms with Crippen molar-refractivity contribution in [3.05, 3.63) is 101 Å². The highest BCUT2D eigenvalue weighted by molar-refractivity contribution is 7.99.